The number of halogens is 1. The van der Waals surface area contributed by atoms with Crippen LogP contribution < -0.4 is 5.32 Å². The van der Waals surface area contributed by atoms with E-state index < -0.39 is 21.9 Å². The Morgan fingerprint density at radius 3 is 2.33 bits per heavy atom. The Kier molecular flexibility index (Phi) is 6.99. The van der Waals surface area contributed by atoms with Crippen LogP contribution in [-0.2, 0) is 19.6 Å². The van der Waals surface area contributed by atoms with Crippen LogP contribution in [0.15, 0.2) is 40.6 Å². The third-order valence-corrected chi connectivity index (χ3v) is 6.83. The van der Waals surface area contributed by atoms with Crippen LogP contribution in [0.5, 0.6) is 0 Å². The maximum Gasteiger partial charge on any atom is 0.338 e. The van der Waals surface area contributed by atoms with Crippen LogP contribution in [0.3, 0.4) is 0 Å². The number of rotatable bonds is 7. The van der Waals surface area contributed by atoms with Gasteiger partial charge in [-0.15, -0.1) is 11.3 Å². The minimum Gasteiger partial charge on any atom is -0.459 e. The van der Waals surface area contributed by atoms with Crippen molar-refractivity contribution in [1.29, 1.82) is 0 Å². The molecule has 0 spiro atoms. The van der Waals surface area contributed by atoms with Crippen LogP contribution in [0.4, 0.5) is 5.69 Å². The second-order valence-electron chi connectivity index (χ2n) is 5.90. The standard InChI is InChI=1S/C17H19ClN2O5S2/c1-11(2)25-17(22)12-4-6-13(7-5-12)19-15(21)10-20(3)27(23,24)16-9-8-14(18)26-16/h4-9,11H,10H2,1-3H3,(H,19,21). The molecular weight excluding hydrogens is 412 g/mol. The first-order chi connectivity index (χ1) is 12.6. The number of nitrogens with zero attached hydrogens (tertiary/aromatic N) is 1. The van der Waals surface area contributed by atoms with Gasteiger partial charge in [-0.05, 0) is 50.2 Å². The lowest BCUT2D eigenvalue weighted by atomic mass is 10.2. The van der Waals surface area contributed by atoms with E-state index in [0.717, 1.165) is 15.6 Å². The fraction of sp³-hybridized carbons (Fsp3) is 0.294. The molecule has 2 rings (SSSR count). The first-order valence-corrected chi connectivity index (χ1v) is 10.6. The molecule has 10 heteroatoms. The van der Waals surface area contributed by atoms with E-state index >= 15 is 0 Å². The zero-order valence-corrected chi connectivity index (χ0v) is 17.3. The summed E-state index contributed by atoms with van der Waals surface area (Å²) in [5.74, 6) is -0.968. The lowest BCUT2D eigenvalue weighted by Crippen LogP contribution is -2.34. The number of benzene rings is 1. The van der Waals surface area contributed by atoms with Gasteiger partial charge in [0, 0.05) is 12.7 Å². The summed E-state index contributed by atoms with van der Waals surface area (Å²) in [6.45, 7) is 3.14. The van der Waals surface area contributed by atoms with Crippen molar-refractivity contribution < 1.29 is 22.7 Å². The molecule has 27 heavy (non-hydrogen) atoms. The molecule has 0 saturated carbocycles. The van der Waals surface area contributed by atoms with Gasteiger partial charge in [-0.25, -0.2) is 13.2 Å². The number of carbonyl (C=O) groups is 2. The Bertz CT molecular complexity index is 923. The Hall–Kier alpha value is -1.94. The van der Waals surface area contributed by atoms with E-state index in [2.05, 4.69) is 5.32 Å². The maximum absolute atomic E-state index is 12.4. The van der Waals surface area contributed by atoms with Crippen molar-refractivity contribution in [1.82, 2.24) is 4.31 Å². The number of hydrogen-bond donors (Lipinski definition) is 1. The summed E-state index contributed by atoms with van der Waals surface area (Å²) in [6.07, 6.45) is -0.229. The molecule has 7 nitrogen and oxygen atoms in total. The molecule has 1 N–H and O–H groups in total. The number of amides is 1. The van der Waals surface area contributed by atoms with Gasteiger partial charge >= 0.3 is 5.97 Å². The van der Waals surface area contributed by atoms with Crippen LogP contribution in [0.1, 0.15) is 24.2 Å². The predicted molar refractivity (Wildman–Crippen MR) is 105 cm³/mol. The number of esters is 1. The van der Waals surface area contributed by atoms with Crippen molar-refractivity contribution in [2.75, 3.05) is 18.9 Å². The number of likely N-dealkylation sites (N-methyl/N-ethyl adjacent to an activating group) is 1. The summed E-state index contributed by atoms with van der Waals surface area (Å²) < 4.78 is 31.2. The van der Waals surface area contributed by atoms with Gasteiger partial charge in [0.2, 0.25) is 5.91 Å². The van der Waals surface area contributed by atoms with Crippen LogP contribution in [0, 0.1) is 0 Å². The number of anilines is 1. The zero-order chi connectivity index (χ0) is 20.2. The van der Waals surface area contributed by atoms with Gasteiger partial charge in [0.05, 0.1) is 22.5 Å². The molecule has 2 aromatic rings. The highest BCUT2D eigenvalue weighted by Crippen LogP contribution is 2.27. The van der Waals surface area contributed by atoms with Gasteiger partial charge in [-0.2, -0.15) is 4.31 Å². The van der Waals surface area contributed by atoms with Crippen molar-refractivity contribution >= 4 is 50.5 Å². The van der Waals surface area contributed by atoms with Gasteiger partial charge in [-0.3, -0.25) is 4.79 Å². The Balaban J connectivity index is 1.98. The minimum atomic E-state index is -3.79. The van der Waals surface area contributed by atoms with Crippen molar-refractivity contribution in [3.8, 4) is 0 Å². The fourth-order valence-electron chi connectivity index (χ4n) is 2.05. The predicted octanol–water partition coefficient (Wildman–Crippen LogP) is 3.23. The summed E-state index contributed by atoms with van der Waals surface area (Å²) in [5.41, 5.74) is 0.794. The van der Waals surface area contributed by atoms with E-state index in [9.17, 15) is 18.0 Å². The second-order valence-corrected chi connectivity index (χ2v) is 9.89. The van der Waals surface area contributed by atoms with Gasteiger partial charge in [0.25, 0.3) is 10.0 Å². The van der Waals surface area contributed by atoms with E-state index in [0.29, 0.717) is 15.6 Å². The molecule has 0 bridgehead atoms. The normalized spacial score (nSPS) is 11.6. The molecule has 0 aliphatic heterocycles. The van der Waals surface area contributed by atoms with E-state index in [4.69, 9.17) is 16.3 Å². The Labute approximate surface area is 166 Å². The smallest absolute Gasteiger partial charge is 0.338 e. The van der Waals surface area contributed by atoms with Gasteiger partial charge in [0.1, 0.15) is 4.21 Å². The lowest BCUT2D eigenvalue weighted by molar-refractivity contribution is -0.116. The minimum absolute atomic E-state index is 0.0656. The zero-order valence-electron chi connectivity index (χ0n) is 14.9. The molecule has 1 amide bonds. The average Bonchev–Trinajstić information content (AvgIpc) is 3.02. The van der Waals surface area contributed by atoms with Gasteiger partial charge in [-0.1, -0.05) is 11.6 Å². The molecule has 0 atom stereocenters. The van der Waals surface area contributed by atoms with Crippen LogP contribution in [0.25, 0.3) is 0 Å². The summed E-state index contributed by atoms with van der Waals surface area (Å²) in [6, 6.07) is 9.01. The quantitative estimate of drug-likeness (QED) is 0.681. The molecule has 1 aromatic heterocycles. The monoisotopic (exact) mass is 430 g/mol. The number of nitrogens with one attached hydrogen (secondary N) is 1. The van der Waals surface area contributed by atoms with Gasteiger partial charge < -0.3 is 10.1 Å². The first-order valence-electron chi connectivity index (χ1n) is 7.92. The Morgan fingerprint density at radius 1 is 1.19 bits per heavy atom. The van der Waals surface area contributed by atoms with Crippen molar-refractivity contribution in [3.63, 3.8) is 0 Å². The van der Waals surface area contributed by atoms with Gasteiger partial charge in [0.15, 0.2) is 0 Å². The molecule has 1 aromatic carbocycles. The van der Waals surface area contributed by atoms with Crippen molar-refractivity contribution in [3.05, 3.63) is 46.3 Å². The highest BCUT2D eigenvalue weighted by molar-refractivity contribution is 7.91. The average molecular weight is 431 g/mol. The first kappa shape index (κ1) is 21.4. The molecule has 0 aliphatic carbocycles. The summed E-state index contributed by atoms with van der Waals surface area (Å²) in [4.78, 5) is 23.9. The Morgan fingerprint density at radius 2 is 1.81 bits per heavy atom. The van der Waals surface area contributed by atoms with Crippen molar-refractivity contribution in [2.24, 2.45) is 0 Å². The van der Waals surface area contributed by atoms with Crippen LogP contribution in [-0.4, -0.2) is 44.3 Å². The summed E-state index contributed by atoms with van der Waals surface area (Å²) in [7, 11) is -2.48. The molecule has 146 valence electrons. The summed E-state index contributed by atoms with van der Waals surface area (Å²) >= 11 is 6.69. The SMILES string of the molecule is CC(C)OC(=O)c1ccc(NC(=O)CN(C)S(=O)(=O)c2ccc(Cl)s2)cc1. The number of hydrogen-bond acceptors (Lipinski definition) is 6. The van der Waals surface area contributed by atoms with E-state index in [1.165, 1.54) is 31.3 Å². The molecule has 0 saturated heterocycles. The van der Waals surface area contributed by atoms with Crippen LogP contribution >= 0.6 is 22.9 Å². The number of sulfonamides is 1. The molecule has 1 heterocycles. The molecule has 0 radical (unpaired) electrons. The topological polar surface area (TPSA) is 92.8 Å². The molecule has 0 fully saturated rings. The maximum atomic E-state index is 12.4. The number of thiophene rings is 1. The molecule has 0 aliphatic rings. The fourth-order valence-corrected chi connectivity index (χ4v) is 4.87. The lowest BCUT2D eigenvalue weighted by Gasteiger charge is -2.15. The second kappa shape index (κ2) is 8.83. The largest absolute Gasteiger partial charge is 0.459 e. The van der Waals surface area contributed by atoms with E-state index in [1.54, 1.807) is 26.0 Å². The van der Waals surface area contributed by atoms with E-state index in [1.807, 2.05) is 0 Å². The van der Waals surface area contributed by atoms with Crippen molar-refractivity contribution in [2.45, 2.75) is 24.2 Å². The molecular formula is C17H19ClN2O5S2. The summed E-state index contributed by atoms with van der Waals surface area (Å²) in [5, 5.41) is 2.59. The highest BCUT2D eigenvalue weighted by atomic mass is 35.5. The highest BCUT2D eigenvalue weighted by Gasteiger charge is 2.24. The third kappa shape index (κ3) is 5.77. The van der Waals surface area contributed by atoms with Crippen LogP contribution in [0.2, 0.25) is 4.34 Å². The number of carbonyl (C=O) groups excluding carboxylic acids is 2. The van der Waals surface area contributed by atoms with E-state index in [-0.39, 0.29) is 16.9 Å². The molecule has 0 unspecified atom stereocenters. The third-order valence-electron chi connectivity index (χ3n) is 3.33. The number of ether oxygens (including phenoxy) is 1.